The van der Waals surface area contributed by atoms with Crippen LogP contribution in [0, 0.1) is 0 Å². The number of hydrogen-bond acceptors (Lipinski definition) is 2. The Balaban J connectivity index is 1.45. The van der Waals surface area contributed by atoms with Gasteiger partial charge in [0.15, 0.2) is 0 Å². The molecule has 0 fully saturated rings. The van der Waals surface area contributed by atoms with Crippen LogP contribution >= 0.6 is 11.6 Å². The van der Waals surface area contributed by atoms with E-state index in [1.54, 1.807) is 0 Å². The minimum Gasteiger partial charge on any atom is -0.346 e. The molecule has 4 heteroatoms. The van der Waals surface area contributed by atoms with Crippen LogP contribution in [-0.4, -0.2) is 9.97 Å². The highest BCUT2D eigenvalue weighted by Gasteiger charge is 2.05. The number of H-pyrrole nitrogens is 1. The number of aromatic nitrogens is 2. The lowest BCUT2D eigenvalue weighted by Gasteiger charge is -2.08. The van der Waals surface area contributed by atoms with Crippen molar-refractivity contribution in [2.75, 3.05) is 0 Å². The fourth-order valence-corrected chi connectivity index (χ4v) is 3.20. The molecule has 0 saturated carbocycles. The third-order valence-electron chi connectivity index (χ3n) is 4.33. The molecule has 4 rings (SSSR count). The van der Waals surface area contributed by atoms with Crippen LogP contribution in [0.2, 0.25) is 5.02 Å². The Morgan fingerprint density at radius 3 is 2.60 bits per heavy atom. The number of nitrogens with one attached hydrogen (secondary N) is 2. The molecule has 2 heterocycles. The number of aromatic amines is 1. The van der Waals surface area contributed by atoms with Gasteiger partial charge in [-0.1, -0.05) is 54.1 Å². The first-order valence-corrected chi connectivity index (χ1v) is 8.64. The molecule has 4 aromatic rings. The second kappa shape index (κ2) is 7.09. The zero-order valence-electron chi connectivity index (χ0n) is 13.7. The smallest absolute Gasteiger partial charge is 0.137 e. The van der Waals surface area contributed by atoms with Crippen molar-refractivity contribution in [1.29, 1.82) is 0 Å². The summed E-state index contributed by atoms with van der Waals surface area (Å²) >= 11 is 6.19. The molecule has 0 radical (unpaired) electrons. The predicted molar refractivity (Wildman–Crippen MR) is 104 cm³/mol. The van der Waals surface area contributed by atoms with Crippen molar-refractivity contribution >= 4 is 22.6 Å². The predicted octanol–water partition coefficient (Wildman–Crippen LogP) is 5.17. The van der Waals surface area contributed by atoms with Crippen LogP contribution in [-0.2, 0) is 13.1 Å². The van der Waals surface area contributed by atoms with E-state index in [1.165, 1.54) is 16.7 Å². The van der Waals surface area contributed by atoms with E-state index in [1.807, 2.05) is 36.7 Å². The molecule has 0 aliphatic carbocycles. The summed E-state index contributed by atoms with van der Waals surface area (Å²) in [5.74, 6) is 0. The van der Waals surface area contributed by atoms with Crippen molar-refractivity contribution in [3.05, 3.63) is 89.2 Å². The Bertz CT molecular complexity index is 989. The lowest BCUT2D eigenvalue weighted by Crippen LogP contribution is -2.12. The van der Waals surface area contributed by atoms with Crippen LogP contribution in [0.4, 0.5) is 0 Å². The standard InChI is InChI=1S/C21H18ClN3/c22-20-4-2-1-3-17(20)14-23-13-15-5-7-16(8-6-15)18-9-11-24-21-19(18)10-12-25-21/h1-12,23H,13-14H2,(H,24,25). The molecular weight excluding hydrogens is 330 g/mol. The highest BCUT2D eigenvalue weighted by molar-refractivity contribution is 6.31. The van der Waals surface area contributed by atoms with Gasteiger partial charge in [-0.15, -0.1) is 0 Å². The molecule has 0 saturated heterocycles. The number of halogens is 1. The minimum absolute atomic E-state index is 0.760. The third kappa shape index (κ3) is 3.43. The Hall–Kier alpha value is -2.62. The average Bonchev–Trinajstić information content (AvgIpc) is 3.13. The summed E-state index contributed by atoms with van der Waals surface area (Å²) in [7, 11) is 0. The van der Waals surface area contributed by atoms with Gasteiger partial charge in [0.05, 0.1) is 0 Å². The van der Waals surface area contributed by atoms with E-state index in [0.29, 0.717) is 0 Å². The zero-order chi connectivity index (χ0) is 17.1. The van der Waals surface area contributed by atoms with Crippen molar-refractivity contribution in [3.8, 4) is 11.1 Å². The Morgan fingerprint density at radius 1 is 0.920 bits per heavy atom. The Morgan fingerprint density at radius 2 is 1.76 bits per heavy atom. The first kappa shape index (κ1) is 15.9. The molecule has 2 aromatic carbocycles. The first-order valence-electron chi connectivity index (χ1n) is 8.27. The van der Waals surface area contributed by atoms with Crippen molar-refractivity contribution in [2.45, 2.75) is 13.1 Å². The van der Waals surface area contributed by atoms with E-state index in [0.717, 1.165) is 34.7 Å². The first-order chi connectivity index (χ1) is 12.3. The lowest BCUT2D eigenvalue weighted by molar-refractivity contribution is 0.693. The Kier molecular flexibility index (Phi) is 4.51. The van der Waals surface area contributed by atoms with Crippen LogP contribution in [0.25, 0.3) is 22.2 Å². The number of rotatable bonds is 5. The number of benzene rings is 2. The fraction of sp³-hybridized carbons (Fsp3) is 0.0952. The highest BCUT2D eigenvalue weighted by atomic mass is 35.5. The zero-order valence-corrected chi connectivity index (χ0v) is 14.4. The summed E-state index contributed by atoms with van der Waals surface area (Å²) in [6.07, 6.45) is 3.77. The molecule has 0 spiro atoms. The molecule has 2 aromatic heterocycles. The van der Waals surface area contributed by atoms with Crippen LogP contribution in [0.5, 0.6) is 0 Å². The van der Waals surface area contributed by atoms with Gasteiger partial charge in [0.1, 0.15) is 5.65 Å². The summed E-state index contributed by atoms with van der Waals surface area (Å²) in [4.78, 5) is 7.50. The second-order valence-electron chi connectivity index (χ2n) is 5.99. The van der Waals surface area contributed by atoms with Gasteiger partial charge in [-0.05, 0) is 40.5 Å². The monoisotopic (exact) mass is 347 g/mol. The quantitative estimate of drug-likeness (QED) is 0.522. The minimum atomic E-state index is 0.760. The van der Waals surface area contributed by atoms with Crippen molar-refractivity contribution in [3.63, 3.8) is 0 Å². The van der Waals surface area contributed by atoms with E-state index in [9.17, 15) is 0 Å². The molecule has 0 aliphatic rings. The molecule has 0 bridgehead atoms. The number of fused-ring (bicyclic) bond motifs is 1. The van der Waals surface area contributed by atoms with Crippen LogP contribution < -0.4 is 5.32 Å². The van der Waals surface area contributed by atoms with E-state index in [4.69, 9.17) is 11.6 Å². The summed E-state index contributed by atoms with van der Waals surface area (Å²) < 4.78 is 0. The van der Waals surface area contributed by atoms with Crippen LogP contribution in [0.1, 0.15) is 11.1 Å². The second-order valence-corrected chi connectivity index (χ2v) is 6.40. The molecule has 0 aliphatic heterocycles. The van der Waals surface area contributed by atoms with Gasteiger partial charge in [0.25, 0.3) is 0 Å². The van der Waals surface area contributed by atoms with Gasteiger partial charge in [-0.25, -0.2) is 4.98 Å². The van der Waals surface area contributed by atoms with Crippen molar-refractivity contribution in [2.24, 2.45) is 0 Å². The van der Waals surface area contributed by atoms with Crippen molar-refractivity contribution in [1.82, 2.24) is 15.3 Å². The van der Waals surface area contributed by atoms with Crippen LogP contribution in [0.3, 0.4) is 0 Å². The highest BCUT2D eigenvalue weighted by Crippen LogP contribution is 2.27. The Labute approximate surface area is 151 Å². The summed E-state index contributed by atoms with van der Waals surface area (Å²) in [5, 5.41) is 5.39. The maximum absolute atomic E-state index is 6.19. The lowest BCUT2D eigenvalue weighted by atomic mass is 10.0. The van der Waals surface area contributed by atoms with Gasteiger partial charge in [0.2, 0.25) is 0 Å². The van der Waals surface area contributed by atoms with Crippen LogP contribution in [0.15, 0.2) is 73.1 Å². The summed E-state index contributed by atoms with van der Waals surface area (Å²) in [6, 6.07) is 20.7. The molecule has 0 atom stereocenters. The molecule has 0 amide bonds. The van der Waals surface area contributed by atoms with Gasteiger partial charge in [-0.3, -0.25) is 0 Å². The molecule has 25 heavy (non-hydrogen) atoms. The molecule has 3 nitrogen and oxygen atoms in total. The normalized spacial score (nSPS) is 11.1. The van der Waals surface area contributed by atoms with Crippen molar-refractivity contribution < 1.29 is 0 Å². The average molecular weight is 348 g/mol. The maximum atomic E-state index is 6.19. The number of pyridine rings is 1. The summed E-state index contributed by atoms with van der Waals surface area (Å²) in [6.45, 7) is 1.57. The molecule has 2 N–H and O–H groups in total. The van der Waals surface area contributed by atoms with E-state index in [-0.39, 0.29) is 0 Å². The van der Waals surface area contributed by atoms with Gasteiger partial charge < -0.3 is 10.3 Å². The SMILES string of the molecule is Clc1ccccc1CNCc1ccc(-c2ccnc3[nH]ccc23)cc1. The number of hydrogen-bond donors (Lipinski definition) is 2. The van der Waals surface area contributed by atoms with E-state index in [2.05, 4.69) is 51.7 Å². The fourth-order valence-electron chi connectivity index (χ4n) is 3.00. The maximum Gasteiger partial charge on any atom is 0.137 e. The number of nitrogens with zero attached hydrogens (tertiary/aromatic N) is 1. The topological polar surface area (TPSA) is 40.7 Å². The van der Waals surface area contributed by atoms with E-state index >= 15 is 0 Å². The summed E-state index contributed by atoms with van der Waals surface area (Å²) in [5.41, 5.74) is 5.68. The van der Waals surface area contributed by atoms with Gasteiger partial charge >= 0.3 is 0 Å². The third-order valence-corrected chi connectivity index (χ3v) is 4.70. The van der Waals surface area contributed by atoms with Gasteiger partial charge in [0, 0.05) is 35.9 Å². The largest absolute Gasteiger partial charge is 0.346 e. The van der Waals surface area contributed by atoms with Gasteiger partial charge in [-0.2, -0.15) is 0 Å². The molecular formula is C21H18ClN3. The molecule has 124 valence electrons. The van der Waals surface area contributed by atoms with E-state index < -0.39 is 0 Å². The molecule has 0 unspecified atom stereocenters.